The van der Waals surface area contributed by atoms with E-state index < -0.39 is 16.1 Å². The Balaban J connectivity index is 1.61. The van der Waals surface area contributed by atoms with Crippen LogP contribution in [0.15, 0.2) is 42.5 Å². The maximum Gasteiger partial charge on any atom is 0.215 e. The average molecular weight is 347 g/mol. The highest BCUT2D eigenvalue weighted by molar-refractivity contribution is 7.88. The molecule has 5 nitrogen and oxygen atoms in total. The Kier molecular flexibility index (Phi) is 4.89. The lowest BCUT2D eigenvalue weighted by Gasteiger charge is -2.14. The maximum atomic E-state index is 12.2. The number of aliphatic hydroxyl groups excluding tert-OH is 1. The lowest BCUT2D eigenvalue weighted by molar-refractivity contribution is 0.182. The molecule has 1 aliphatic rings. The third kappa shape index (κ3) is 4.14. The summed E-state index contributed by atoms with van der Waals surface area (Å²) in [5.41, 5.74) is 3.49. The zero-order valence-electron chi connectivity index (χ0n) is 13.5. The fourth-order valence-electron chi connectivity index (χ4n) is 2.81. The van der Waals surface area contributed by atoms with Gasteiger partial charge in [0, 0.05) is 13.0 Å². The maximum absolute atomic E-state index is 12.2. The Morgan fingerprint density at radius 3 is 2.88 bits per heavy atom. The van der Waals surface area contributed by atoms with Crippen molar-refractivity contribution in [2.45, 2.75) is 25.2 Å². The van der Waals surface area contributed by atoms with Crippen LogP contribution in [0.2, 0.25) is 0 Å². The number of aliphatic hydroxyl groups is 1. The van der Waals surface area contributed by atoms with E-state index in [1.54, 1.807) is 12.1 Å². The zero-order valence-corrected chi connectivity index (χ0v) is 14.3. The molecule has 2 aromatic rings. The molecule has 128 valence electrons. The van der Waals surface area contributed by atoms with Crippen molar-refractivity contribution < 1.29 is 18.3 Å². The molecule has 0 radical (unpaired) electrons. The minimum Gasteiger partial charge on any atom is -0.493 e. The summed E-state index contributed by atoms with van der Waals surface area (Å²) >= 11 is 0. The highest BCUT2D eigenvalue weighted by atomic mass is 32.2. The molecule has 2 N–H and O–H groups in total. The highest BCUT2D eigenvalue weighted by Crippen LogP contribution is 2.28. The number of hydrogen-bond acceptors (Lipinski definition) is 4. The van der Waals surface area contributed by atoms with Gasteiger partial charge in [0.05, 0.1) is 18.5 Å². The van der Waals surface area contributed by atoms with Gasteiger partial charge >= 0.3 is 0 Å². The van der Waals surface area contributed by atoms with E-state index in [1.807, 2.05) is 37.3 Å². The monoisotopic (exact) mass is 347 g/mol. The lowest BCUT2D eigenvalue weighted by atomic mass is 10.0. The third-order valence-corrected chi connectivity index (χ3v) is 5.35. The van der Waals surface area contributed by atoms with E-state index in [1.165, 1.54) is 0 Å². The standard InChI is InChI=1S/C18H21NO4S/c1-13-3-2-4-14(9-13)12-24(21,22)19-11-17(20)15-5-6-18-16(10-15)7-8-23-18/h2-6,9-10,17,19-20H,7-8,11-12H2,1H3/t17-/m1/s1. The second-order valence-corrected chi connectivity index (χ2v) is 7.88. The summed E-state index contributed by atoms with van der Waals surface area (Å²) in [6.45, 7) is 2.52. The van der Waals surface area contributed by atoms with Crippen molar-refractivity contribution in [3.63, 3.8) is 0 Å². The van der Waals surface area contributed by atoms with Crippen molar-refractivity contribution >= 4 is 10.0 Å². The molecule has 0 aliphatic carbocycles. The Morgan fingerprint density at radius 1 is 1.25 bits per heavy atom. The molecule has 1 heterocycles. The molecule has 1 aliphatic heterocycles. The molecular weight excluding hydrogens is 326 g/mol. The zero-order chi connectivity index (χ0) is 17.2. The molecule has 3 rings (SSSR count). The highest BCUT2D eigenvalue weighted by Gasteiger charge is 2.18. The molecule has 0 unspecified atom stereocenters. The summed E-state index contributed by atoms with van der Waals surface area (Å²) < 4.78 is 32.3. The van der Waals surface area contributed by atoms with Crippen LogP contribution in [0, 0.1) is 6.92 Å². The number of nitrogens with one attached hydrogen (secondary N) is 1. The summed E-state index contributed by atoms with van der Waals surface area (Å²) in [5, 5.41) is 10.3. The molecule has 0 fully saturated rings. The van der Waals surface area contributed by atoms with E-state index in [-0.39, 0.29) is 12.3 Å². The Hall–Kier alpha value is -1.89. The summed E-state index contributed by atoms with van der Waals surface area (Å²) in [6, 6.07) is 12.8. The van der Waals surface area contributed by atoms with Gasteiger partial charge in [-0.25, -0.2) is 13.1 Å². The van der Waals surface area contributed by atoms with Crippen LogP contribution in [0.3, 0.4) is 0 Å². The van der Waals surface area contributed by atoms with E-state index in [0.29, 0.717) is 12.2 Å². The van der Waals surface area contributed by atoms with Crippen molar-refractivity contribution in [3.05, 3.63) is 64.7 Å². The van der Waals surface area contributed by atoms with Gasteiger partial charge in [-0.2, -0.15) is 0 Å². The van der Waals surface area contributed by atoms with Crippen LogP contribution >= 0.6 is 0 Å². The second-order valence-electron chi connectivity index (χ2n) is 6.08. The first-order valence-electron chi connectivity index (χ1n) is 7.89. The number of ether oxygens (including phenoxy) is 1. The van der Waals surface area contributed by atoms with Gasteiger partial charge in [0.15, 0.2) is 0 Å². The van der Waals surface area contributed by atoms with Crippen molar-refractivity contribution in [1.29, 1.82) is 0 Å². The van der Waals surface area contributed by atoms with Crippen LogP contribution in [0.1, 0.15) is 28.4 Å². The number of fused-ring (bicyclic) bond motifs is 1. The van der Waals surface area contributed by atoms with Crippen molar-refractivity contribution in [2.24, 2.45) is 0 Å². The van der Waals surface area contributed by atoms with Gasteiger partial charge in [0.25, 0.3) is 0 Å². The van der Waals surface area contributed by atoms with Crippen LogP contribution in [-0.4, -0.2) is 26.7 Å². The fourth-order valence-corrected chi connectivity index (χ4v) is 3.94. The minimum atomic E-state index is -3.50. The van der Waals surface area contributed by atoms with E-state index >= 15 is 0 Å². The molecule has 0 saturated carbocycles. The average Bonchev–Trinajstić information content (AvgIpc) is 2.99. The normalized spacial score (nSPS) is 14.9. The smallest absolute Gasteiger partial charge is 0.215 e. The molecule has 0 spiro atoms. The largest absolute Gasteiger partial charge is 0.493 e. The quantitative estimate of drug-likeness (QED) is 0.839. The molecule has 0 aromatic heterocycles. The van der Waals surface area contributed by atoms with E-state index in [2.05, 4.69) is 4.72 Å². The molecule has 0 amide bonds. The first-order valence-corrected chi connectivity index (χ1v) is 9.55. The molecular formula is C18H21NO4S. The van der Waals surface area contributed by atoms with Crippen molar-refractivity contribution in [3.8, 4) is 5.75 Å². The second kappa shape index (κ2) is 6.93. The van der Waals surface area contributed by atoms with Gasteiger partial charge in [-0.1, -0.05) is 35.9 Å². The first-order chi connectivity index (χ1) is 11.4. The Labute approximate surface area is 142 Å². The first kappa shape index (κ1) is 17.0. The predicted octanol–water partition coefficient (Wildman–Crippen LogP) is 2.08. The Bertz CT molecular complexity index is 833. The summed E-state index contributed by atoms with van der Waals surface area (Å²) in [5.74, 6) is 0.741. The van der Waals surface area contributed by atoms with Crippen molar-refractivity contribution in [2.75, 3.05) is 13.2 Å². The number of aryl methyl sites for hydroxylation is 1. The summed E-state index contributed by atoms with van der Waals surface area (Å²) in [7, 11) is -3.50. The van der Waals surface area contributed by atoms with Gasteiger partial charge in [0.2, 0.25) is 10.0 Å². The van der Waals surface area contributed by atoms with Gasteiger partial charge in [-0.05, 0) is 35.7 Å². The lowest BCUT2D eigenvalue weighted by Crippen LogP contribution is -2.29. The SMILES string of the molecule is Cc1cccc(CS(=O)(=O)NC[C@@H](O)c2ccc3c(c2)CCO3)c1. The summed E-state index contributed by atoms with van der Waals surface area (Å²) in [4.78, 5) is 0. The van der Waals surface area contributed by atoms with E-state index in [0.717, 1.165) is 28.9 Å². The summed E-state index contributed by atoms with van der Waals surface area (Å²) in [6.07, 6.45) is -0.0715. The molecule has 6 heteroatoms. The van der Waals surface area contributed by atoms with Gasteiger partial charge < -0.3 is 9.84 Å². The molecule has 0 bridgehead atoms. The topological polar surface area (TPSA) is 75.6 Å². The number of hydrogen-bond donors (Lipinski definition) is 2. The van der Waals surface area contributed by atoms with Crippen molar-refractivity contribution in [1.82, 2.24) is 4.72 Å². The predicted molar refractivity (Wildman–Crippen MR) is 92.4 cm³/mol. The van der Waals surface area contributed by atoms with Crippen LogP contribution in [0.4, 0.5) is 0 Å². The van der Waals surface area contributed by atoms with Gasteiger partial charge in [-0.15, -0.1) is 0 Å². The minimum absolute atomic E-state index is 0.0478. The Morgan fingerprint density at radius 2 is 2.08 bits per heavy atom. The van der Waals surface area contributed by atoms with Crippen LogP contribution < -0.4 is 9.46 Å². The van der Waals surface area contributed by atoms with Crippen LogP contribution in [0.25, 0.3) is 0 Å². The number of benzene rings is 2. The van der Waals surface area contributed by atoms with E-state index in [9.17, 15) is 13.5 Å². The molecule has 2 aromatic carbocycles. The van der Waals surface area contributed by atoms with Crippen LogP contribution in [0.5, 0.6) is 5.75 Å². The molecule has 1 atom stereocenters. The van der Waals surface area contributed by atoms with Gasteiger partial charge in [0.1, 0.15) is 5.75 Å². The number of rotatable bonds is 6. The van der Waals surface area contributed by atoms with Crippen LogP contribution in [-0.2, 0) is 22.2 Å². The third-order valence-electron chi connectivity index (χ3n) is 4.03. The van der Waals surface area contributed by atoms with Gasteiger partial charge in [-0.3, -0.25) is 0 Å². The number of sulfonamides is 1. The molecule has 24 heavy (non-hydrogen) atoms. The van der Waals surface area contributed by atoms with E-state index in [4.69, 9.17) is 4.74 Å². The fraction of sp³-hybridized carbons (Fsp3) is 0.333. The molecule has 0 saturated heterocycles.